The number of hydrogen-bond acceptors (Lipinski definition) is 3. The summed E-state index contributed by atoms with van der Waals surface area (Å²) in [6.45, 7) is 11.0. The van der Waals surface area contributed by atoms with Gasteiger partial charge in [-0.25, -0.2) is 9.37 Å². The molecule has 0 aliphatic rings. The van der Waals surface area contributed by atoms with Gasteiger partial charge in [-0.1, -0.05) is 27.7 Å². The summed E-state index contributed by atoms with van der Waals surface area (Å²) in [5, 5.41) is 3.34. The Morgan fingerprint density at radius 1 is 1.26 bits per heavy atom. The van der Waals surface area contributed by atoms with Crippen molar-refractivity contribution in [2.24, 2.45) is 0 Å². The summed E-state index contributed by atoms with van der Waals surface area (Å²) in [6, 6.07) is 1.97. The average molecular weight is 267 g/mol. The van der Waals surface area contributed by atoms with E-state index in [0.29, 0.717) is 12.6 Å². The predicted molar refractivity (Wildman–Crippen MR) is 79.0 cm³/mol. The van der Waals surface area contributed by atoms with Gasteiger partial charge >= 0.3 is 0 Å². The highest BCUT2D eigenvalue weighted by atomic mass is 19.1. The Morgan fingerprint density at radius 2 is 1.89 bits per heavy atom. The zero-order valence-electron chi connectivity index (χ0n) is 12.5. The standard InChI is InChI=1S/C15H26FN3/c1-5-7-19(8-6-2)15-13(10-17-12(3)4)9-14(16)11-18-15/h9,11-12,17H,5-8,10H2,1-4H3. The summed E-state index contributed by atoms with van der Waals surface area (Å²) in [7, 11) is 0. The molecule has 108 valence electrons. The lowest BCUT2D eigenvalue weighted by Gasteiger charge is -2.25. The summed E-state index contributed by atoms with van der Waals surface area (Å²) >= 11 is 0. The smallest absolute Gasteiger partial charge is 0.141 e. The minimum absolute atomic E-state index is 0.266. The molecule has 1 aromatic rings. The van der Waals surface area contributed by atoms with Crippen LogP contribution in [0, 0.1) is 5.82 Å². The van der Waals surface area contributed by atoms with Crippen LogP contribution in [0.15, 0.2) is 12.3 Å². The molecule has 0 aliphatic carbocycles. The normalized spacial score (nSPS) is 11.1. The third-order valence-corrected chi connectivity index (χ3v) is 2.90. The molecule has 3 nitrogen and oxygen atoms in total. The highest BCUT2D eigenvalue weighted by molar-refractivity contribution is 5.46. The van der Waals surface area contributed by atoms with E-state index in [1.165, 1.54) is 6.20 Å². The summed E-state index contributed by atoms with van der Waals surface area (Å²) < 4.78 is 13.4. The van der Waals surface area contributed by atoms with Crippen LogP contribution >= 0.6 is 0 Å². The molecule has 0 saturated heterocycles. The monoisotopic (exact) mass is 267 g/mol. The number of hydrogen-bond donors (Lipinski definition) is 1. The molecule has 1 rings (SSSR count). The van der Waals surface area contributed by atoms with Crippen molar-refractivity contribution in [3.63, 3.8) is 0 Å². The zero-order valence-corrected chi connectivity index (χ0v) is 12.5. The number of pyridine rings is 1. The molecule has 0 amide bonds. The number of halogens is 1. The number of nitrogens with zero attached hydrogens (tertiary/aromatic N) is 2. The molecule has 1 heterocycles. The Morgan fingerprint density at radius 3 is 2.42 bits per heavy atom. The molecule has 0 spiro atoms. The Balaban J connectivity index is 2.95. The zero-order chi connectivity index (χ0) is 14.3. The molecule has 1 aromatic heterocycles. The predicted octanol–water partition coefficient (Wildman–Crippen LogP) is 3.35. The van der Waals surface area contributed by atoms with Crippen molar-refractivity contribution in [2.75, 3.05) is 18.0 Å². The van der Waals surface area contributed by atoms with Gasteiger partial charge in [0.15, 0.2) is 0 Å². The fourth-order valence-corrected chi connectivity index (χ4v) is 2.07. The van der Waals surface area contributed by atoms with Crippen LogP contribution in [-0.4, -0.2) is 24.1 Å². The second-order valence-corrected chi connectivity index (χ2v) is 5.16. The van der Waals surface area contributed by atoms with Gasteiger partial charge in [-0.15, -0.1) is 0 Å². The Hall–Kier alpha value is -1.16. The van der Waals surface area contributed by atoms with Crippen molar-refractivity contribution in [3.8, 4) is 0 Å². The van der Waals surface area contributed by atoms with Crippen LogP contribution in [0.1, 0.15) is 46.1 Å². The molecule has 0 fully saturated rings. The van der Waals surface area contributed by atoms with E-state index in [2.05, 4.69) is 42.9 Å². The summed E-state index contributed by atoms with van der Waals surface area (Å²) in [5.74, 6) is 0.649. The van der Waals surface area contributed by atoms with Crippen molar-refractivity contribution >= 4 is 5.82 Å². The molecule has 0 atom stereocenters. The second kappa shape index (κ2) is 8.10. The fraction of sp³-hybridized carbons (Fsp3) is 0.667. The molecule has 0 aromatic carbocycles. The van der Waals surface area contributed by atoms with E-state index >= 15 is 0 Å². The lowest BCUT2D eigenvalue weighted by atomic mass is 10.2. The largest absolute Gasteiger partial charge is 0.356 e. The molecule has 0 unspecified atom stereocenters. The first-order valence-corrected chi connectivity index (χ1v) is 7.21. The first-order valence-electron chi connectivity index (χ1n) is 7.21. The second-order valence-electron chi connectivity index (χ2n) is 5.16. The van der Waals surface area contributed by atoms with Crippen LogP contribution in [0.2, 0.25) is 0 Å². The van der Waals surface area contributed by atoms with Crippen LogP contribution in [-0.2, 0) is 6.54 Å². The number of rotatable bonds is 8. The number of aromatic nitrogens is 1. The molecule has 0 radical (unpaired) electrons. The lowest BCUT2D eigenvalue weighted by molar-refractivity contribution is 0.575. The van der Waals surface area contributed by atoms with Crippen LogP contribution in [0.3, 0.4) is 0 Å². The summed E-state index contributed by atoms with van der Waals surface area (Å²) in [5.41, 5.74) is 0.940. The van der Waals surface area contributed by atoms with Crippen LogP contribution < -0.4 is 10.2 Å². The average Bonchev–Trinajstić information content (AvgIpc) is 2.36. The lowest BCUT2D eigenvalue weighted by Crippen LogP contribution is -2.29. The van der Waals surface area contributed by atoms with Gasteiger partial charge in [0.05, 0.1) is 6.20 Å². The van der Waals surface area contributed by atoms with Gasteiger partial charge in [0.2, 0.25) is 0 Å². The van der Waals surface area contributed by atoms with Crippen LogP contribution in [0.25, 0.3) is 0 Å². The Labute approximate surface area is 116 Å². The molecule has 0 saturated carbocycles. The summed E-state index contributed by atoms with van der Waals surface area (Å²) in [4.78, 5) is 6.55. The highest BCUT2D eigenvalue weighted by Crippen LogP contribution is 2.19. The molecule has 1 N–H and O–H groups in total. The van der Waals surface area contributed by atoms with Crippen molar-refractivity contribution in [1.82, 2.24) is 10.3 Å². The molecule has 19 heavy (non-hydrogen) atoms. The number of nitrogens with one attached hydrogen (secondary N) is 1. The highest BCUT2D eigenvalue weighted by Gasteiger charge is 2.13. The van der Waals surface area contributed by atoms with Crippen molar-refractivity contribution < 1.29 is 4.39 Å². The van der Waals surface area contributed by atoms with Gasteiger partial charge in [0, 0.05) is 31.2 Å². The minimum atomic E-state index is -0.266. The first-order chi connectivity index (χ1) is 9.08. The Bertz CT molecular complexity index is 374. The van der Waals surface area contributed by atoms with Crippen molar-refractivity contribution in [1.29, 1.82) is 0 Å². The molecular weight excluding hydrogens is 241 g/mol. The third kappa shape index (κ3) is 5.15. The van der Waals surface area contributed by atoms with Crippen LogP contribution in [0.5, 0.6) is 0 Å². The van der Waals surface area contributed by atoms with E-state index < -0.39 is 0 Å². The number of anilines is 1. The van der Waals surface area contributed by atoms with E-state index in [1.807, 2.05) is 0 Å². The van der Waals surface area contributed by atoms with Gasteiger partial charge in [-0.2, -0.15) is 0 Å². The molecular formula is C15H26FN3. The minimum Gasteiger partial charge on any atom is -0.356 e. The van der Waals surface area contributed by atoms with Gasteiger partial charge in [0.25, 0.3) is 0 Å². The van der Waals surface area contributed by atoms with E-state index in [0.717, 1.165) is 37.3 Å². The molecule has 4 heteroatoms. The maximum Gasteiger partial charge on any atom is 0.141 e. The Kier molecular flexibility index (Phi) is 6.78. The topological polar surface area (TPSA) is 28.2 Å². The van der Waals surface area contributed by atoms with Gasteiger partial charge in [0.1, 0.15) is 11.6 Å². The maximum atomic E-state index is 13.4. The fourth-order valence-electron chi connectivity index (χ4n) is 2.07. The quantitative estimate of drug-likeness (QED) is 0.783. The van der Waals surface area contributed by atoms with Crippen molar-refractivity contribution in [3.05, 3.63) is 23.6 Å². The van der Waals surface area contributed by atoms with E-state index in [-0.39, 0.29) is 5.82 Å². The van der Waals surface area contributed by atoms with E-state index in [1.54, 1.807) is 6.07 Å². The SMILES string of the molecule is CCCN(CCC)c1ncc(F)cc1CNC(C)C. The summed E-state index contributed by atoms with van der Waals surface area (Å²) in [6.07, 6.45) is 3.44. The third-order valence-electron chi connectivity index (χ3n) is 2.90. The maximum absolute atomic E-state index is 13.4. The van der Waals surface area contributed by atoms with Gasteiger partial charge < -0.3 is 10.2 Å². The van der Waals surface area contributed by atoms with Crippen LogP contribution in [0.4, 0.5) is 10.2 Å². The first kappa shape index (κ1) is 15.9. The van der Waals surface area contributed by atoms with Gasteiger partial charge in [-0.3, -0.25) is 0 Å². The molecule has 0 bridgehead atoms. The molecule has 0 aliphatic heterocycles. The van der Waals surface area contributed by atoms with E-state index in [9.17, 15) is 4.39 Å². The van der Waals surface area contributed by atoms with Crippen molar-refractivity contribution in [2.45, 2.75) is 53.1 Å². The van der Waals surface area contributed by atoms with Gasteiger partial charge in [-0.05, 0) is 18.9 Å². The van der Waals surface area contributed by atoms with E-state index in [4.69, 9.17) is 0 Å².